The summed E-state index contributed by atoms with van der Waals surface area (Å²) in [6.45, 7) is 0.979. The number of hydrogen-bond acceptors (Lipinski definition) is 17. The number of aliphatic carboxylic acids is 1. The highest BCUT2D eigenvalue weighted by atomic mass is 16.7. The first-order chi connectivity index (χ1) is 38.6. The van der Waals surface area contributed by atoms with Gasteiger partial charge in [-0.05, 0) is 77.3 Å². The number of carboxylic acids is 1. The SMILES string of the molecule is CC(C)C[C@H](NC(=O)OCC1c2ccccc2-c2ccccc21)C(=O)C[C@H](CO)C(=O)NCC(=O)C[C@H](CCCN=C(N)N)C(=O)N[C@@H](CO)C(=O)C[C@H](CC(=O)O)C(=O)Nc1ccc(COC(=O)Oc2ccc([N+](=O)[O-])cc2)cc1. The van der Waals surface area contributed by atoms with Gasteiger partial charge in [0.1, 0.15) is 25.0 Å². The topological polar surface area (TPSA) is 398 Å². The number of nitrogens with one attached hydrogen (secondary N) is 4. The number of guanidine groups is 1. The number of nitro groups is 1. The highest BCUT2D eigenvalue weighted by molar-refractivity contribution is 5.99. The average molecular weight is 1120 g/mol. The van der Waals surface area contributed by atoms with E-state index in [9.17, 15) is 68.6 Å². The monoisotopic (exact) mass is 1120 g/mol. The van der Waals surface area contributed by atoms with Crippen molar-refractivity contribution in [1.82, 2.24) is 16.0 Å². The van der Waals surface area contributed by atoms with E-state index in [0.717, 1.165) is 34.4 Å². The molecular formula is C56H66N8O17. The molecule has 0 bridgehead atoms. The molecule has 25 nitrogen and oxygen atoms in total. The number of rotatable bonds is 32. The summed E-state index contributed by atoms with van der Waals surface area (Å²) >= 11 is 0. The number of non-ortho nitro benzene ring substituents is 1. The summed E-state index contributed by atoms with van der Waals surface area (Å²) < 4.78 is 15.7. The molecule has 5 rings (SSSR count). The van der Waals surface area contributed by atoms with Crippen molar-refractivity contribution in [1.29, 1.82) is 0 Å². The fourth-order valence-electron chi connectivity index (χ4n) is 8.90. The first-order valence-corrected chi connectivity index (χ1v) is 25.9. The number of carbonyl (C=O) groups excluding carboxylic acids is 8. The van der Waals surface area contributed by atoms with Gasteiger partial charge in [0.25, 0.3) is 5.69 Å². The van der Waals surface area contributed by atoms with Crippen molar-refractivity contribution in [2.75, 3.05) is 38.2 Å². The highest BCUT2D eigenvalue weighted by Gasteiger charge is 2.34. The van der Waals surface area contributed by atoms with E-state index in [1.54, 1.807) is 0 Å². The van der Waals surface area contributed by atoms with Gasteiger partial charge in [-0.3, -0.25) is 48.7 Å². The third kappa shape index (κ3) is 19.6. The van der Waals surface area contributed by atoms with Gasteiger partial charge in [-0.1, -0.05) is 74.5 Å². The smallest absolute Gasteiger partial charge is 0.481 e. The minimum atomic E-state index is -1.66. The molecule has 25 heteroatoms. The second-order valence-electron chi connectivity index (χ2n) is 19.6. The van der Waals surface area contributed by atoms with E-state index in [-0.39, 0.29) is 73.9 Å². The zero-order chi connectivity index (χ0) is 59.2. The van der Waals surface area contributed by atoms with Crippen molar-refractivity contribution < 1.29 is 77.6 Å². The molecule has 432 valence electrons. The Labute approximate surface area is 465 Å². The normalized spacial score (nSPS) is 13.3. The number of aliphatic imine (C=N–C) groups is 1. The van der Waals surface area contributed by atoms with Gasteiger partial charge in [-0.2, -0.15) is 0 Å². The lowest BCUT2D eigenvalue weighted by atomic mass is 9.92. The summed E-state index contributed by atoms with van der Waals surface area (Å²) in [5, 5.41) is 50.8. The Morgan fingerprint density at radius 2 is 1.32 bits per heavy atom. The van der Waals surface area contributed by atoms with Crippen LogP contribution in [0.4, 0.5) is 21.0 Å². The molecule has 0 radical (unpaired) electrons. The maximum Gasteiger partial charge on any atom is 0.514 e. The van der Waals surface area contributed by atoms with E-state index in [0.29, 0.717) is 5.56 Å². The van der Waals surface area contributed by atoms with Gasteiger partial charge in [-0.25, -0.2) is 9.59 Å². The maximum atomic E-state index is 13.7. The maximum absolute atomic E-state index is 13.7. The molecule has 5 atom stereocenters. The molecule has 0 unspecified atom stereocenters. The molecule has 0 heterocycles. The molecule has 4 amide bonds. The third-order valence-corrected chi connectivity index (χ3v) is 13.0. The molecular weight excluding hydrogens is 1060 g/mol. The van der Waals surface area contributed by atoms with Crippen molar-refractivity contribution in [3.8, 4) is 16.9 Å². The largest absolute Gasteiger partial charge is 0.514 e. The standard InChI is InChI=1S/C56H66N8O17/c1-32(2)22-46(63-55(75)79-31-45-43-11-5-3-9-41(43)42-10-4-6-12-44(42)45)48(68)25-36(28-65)51(72)60-27-39(67)23-34(8-7-21-59-54(57)58)52(73)62-47(29-66)49(69)24-35(26-50(70)71)53(74)61-37-15-13-33(14-16-37)30-80-56(76)81-40-19-17-38(18-20-40)64(77)78/h3-6,9-20,32,34-36,45-47,65-66H,7-8,21-31H2,1-2H3,(H,60,72)(H,61,74)(H,62,73)(H,63,75)(H,70,71)(H4,57,58,59)/t34-,35+,36+,46-,47-/m0/s1. The van der Waals surface area contributed by atoms with Crippen LogP contribution in [0.5, 0.6) is 5.75 Å². The van der Waals surface area contributed by atoms with Gasteiger partial charge in [0, 0.05) is 55.5 Å². The third-order valence-electron chi connectivity index (χ3n) is 13.0. The van der Waals surface area contributed by atoms with Crippen LogP contribution in [0.15, 0.2) is 102 Å². The number of amides is 4. The number of Topliss-reactive ketones (excluding diaryl/α,β-unsaturated/α-hetero) is 3. The van der Waals surface area contributed by atoms with E-state index >= 15 is 0 Å². The number of alkyl carbamates (subject to hydrolysis) is 1. The number of fused-ring (bicyclic) bond motifs is 3. The molecule has 4 aromatic carbocycles. The fourth-order valence-corrected chi connectivity index (χ4v) is 8.90. The molecule has 4 aromatic rings. The molecule has 0 fully saturated rings. The first kappa shape index (κ1) is 62.7. The summed E-state index contributed by atoms with van der Waals surface area (Å²) in [5.41, 5.74) is 15.3. The van der Waals surface area contributed by atoms with Crippen molar-refractivity contribution in [3.63, 3.8) is 0 Å². The number of nitrogens with two attached hydrogens (primary N) is 2. The molecule has 1 aliphatic carbocycles. The number of ether oxygens (including phenoxy) is 3. The van der Waals surface area contributed by atoms with Crippen molar-refractivity contribution in [3.05, 3.63) is 124 Å². The lowest BCUT2D eigenvalue weighted by molar-refractivity contribution is -0.384. The Morgan fingerprint density at radius 1 is 0.704 bits per heavy atom. The Bertz CT molecular complexity index is 2880. The summed E-state index contributed by atoms with van der Waals surface area (Å²) in [5.74, 6) is -10.9. The summed E-state index contributed by atoms with van der Waals surface area (Å²) in [6.07, 6.45) is -4.29. The van der Waals surface area contributed by atoms with Gasteiger partial charge < -0.3 is 62.3 Å². The second-order valence-corrected chi connectivity index (χ2v) is 19.6. The van der Waals surface area contributed by atoms with Crippen LogP contribution in [0.2, 0.25) is 0 Å². The Morgan fingerprint density at radius 3 is 1.90 bits per heavy atom. The lowest BCUT2D eigenvalue weighted by Gasteiger charge is -2.23. The number of nitrogens with zero attached hydrogens (tertiary/aromatic N) is 2. The van der Waals surface area contributed by atoms with Crippen molar-refractivity contribution in [2.24, 2.45) is 40.1 Å². The number of benzene rings is 4. The van der Waals surface area contributed by atoms with Crippen LogP contribution in [0, 0.1) is 33.8 Å². The van der Waals surface area contributed by atoms with Crippen LogP contribution in [-0.2, 0) is 49.6 Å². The van der Waals surface area contributed by atoms with Gasteiger partial charge in [-0.15, -0.1) is 0 Å². The zero-order valence-electron chi connectivity index (χ0n) is 44.6. The van der Waals surface area contributed by atoms with Gasteiger partial charge in [0.05, 0.1) is 49.0 Å². The van der Waals surface area contributed by atoms with Gasteiger partial charge in [0.2, 0.25) is 17.7 Å². The number of hydrogen-bond donors (Lipinski definition) is 9. The van der Waals surface area contributed by atoms with Crippen LogP contribution in [-0.4, -0.2) is 124 Å². The molecule has 0 aliphatic heterocycles. The molecule has 11 N–H and O–H groups in total. The highest BCUT2D eigenvalue weighted by Crippen LogP contribution is 2.44. The van der Waals surface area contributed by atoms with E-state index in [4.69, 9.17) is 25.7 Å². The summed E-state index contributed by atoms with van der Waals surface area (Å²) in [4.78, 5) is 132. The fraction of sp³-hybridized carbons (Fsp3) is 0.393. The Balaban J connectivity index is 1.13. The van der Waals surface area contributed by atoms with Crippen LogP contribution >= 0.6 is 0 Å². The van der Waals surface area contributed by atoms with Crippen molar-refractivity contribution in [2.45, 2.75) is 83.4 Å². The molecule has 1 aliphatic rings. The number of anilines is 1. The van der Waals surface area contributed by atoms with E-state index in [1.807, 2.05) is 62.4 Å². The minimum absolute atomic E-state index is 0.00144. The first-order valence-electron chi connectivity index (χ1n) is 25.9. The van der Waals surface area contributed by atoms with E-state index < -0.39 is 133 Å². The number of aliphatic hydroxyl groups excluding tert-OH is 2. The zero-order valence-corrected chi connectivity index (χ0v) is 44.6. The van der Waals surface area contributed by atoms with Crippen LogP contribution in [0.25, 0.3) is 11.1 Å². The van der Waals surface area contributed by atoms with Gasteiger partial charge in [0.15, 0.2) is 23.3 Å². The van der Waals surface area contributed by atoms with Crippen LogP contribution in [0.3, 0.4) is 0 Å². The number of ketones is 3. The average Bonchev–Trinajstić information content (AvgIpc) is 3.93. The van der Waals surface area contributed by atoms with Crippen LogP contribution < -0.4 is 37.5 Å². The molecule has 81 heavy (non-hydrogen) atoms. The molecule has 0 spiro atoms. The minimum Gasteiger partial charge on any atom is -0.481 e. The molecule has 0 saturated heterocycles. The van der Waals surface area contributed by atoms with Gasteiger partial charge >= 0.3 is 18.2 Å². The number of nitro benzene ring substituents is 1. The lowest BCUT2D eigenvalue weighted by Crippen LogP contribution is -2.47. The van der Waals surface area contributed by atoms with Crippen molar-refractivity contribution >= 4 is 70.6 Å². The summed E-state index contributed by atoms with van der Waals surface area (Å²) in [7, 11) is 0. The number of carboxylic acid groups (broad SMARTS) is 1. The molecule has 0 saturated carbocycles. The quantitative estimate of drug-likeness (QED) is 0.00633. The van der Waals surface area contributed by atoms with E-state index in [1.165, 1.54) is 36.4 Å². The van der Waals surface area contributed by atoms with Crippen LogP contribution in [0.1, 0.15) is 81.4 Å². The predicted octanol–water partition coefficient (Wildman–Crippen LogP) is 4.04. The second kappa shape index (κ2) is 30.9. The summed E-state index contributed by atoms with van der Waals surface area (Å²) in [6, 6.07) is 23.3. The number of carbonyl (C=O) groups is 9. The predicted molar refractivity (Wildman–Crippen MR) is 291 cm³/mol. The molecule has 0 aromatic heterocycles. The van der Waals surface area contributed by atoms with E-state index in [2.05, 4.69) is 26.3 Å². The Kier molecular flexibility index (Phi) is 23.9. The Hall–Kier alpha value is -9.10. The number of aliphatic hydroxyl groups is 2.